The minimum absolute atomic E-state index is 0.0255. The molecule has 17 heavy (non-hydrogen) atoms. The summed E-state index contributed by atoms with van der Waals surface area (Å²) in [4.78, 5) is 15.2. The summed E-state index contributed by atoms with van der Waals surface area (Å²) >= 11 is 0. The molecule has 0 unspecified atom stereocenters. The van der Waals surface area contributed by atoms with Crippen LogP contribution in [0.4, 0.5) is 10.5 Å². The third-order valence-electron chi connectivity index (χ3n) is 1.92. The van der Waals surface area contributed by atoms with Gasteiger partial charge in [-0.1, -0.05) is 18.2 Å². The number of ether oxygens (including phenoxy) is 1. The number of pyridine rings is 1. The van der Waals surface area contributed by atoms with E-state index in [1.54, 1.807) is 24.3 Å². The number of carbonyl (C=O) groups excluding carboxylic acids is 1. The molecule has 1 heterocycles. The summed E-state index contributed by atoms with van der Waals surface area (Å²) in [7, 11) is 0. The van der Waals surface area contributed by atoms with Crippen LogP contribution in [-0.2, 0) is 0 Å². The van der Waals surface area contributed by atoms with Crippen LogP contribution >= 0.6 is 0 Å². The Bertz CT molecular complexity index is 514. The Morgan fingerprint density at radius 3 is 2.71 bits per heavy atom. The molecule has 2 N–H and O–H groups in total. The fourth-order valence-electron chi connectivity index (χ4n) is 1.24. The number of hydrogen-bond acceptors (Lipinski definition) is 4. The number of para-hydroxylation sites is 1. The van der Waals surface area contributed by atoms with Gasteiger partial charge in [-0.15, -0.1) is 0 Å². The first-order valence-electron chi connectivity index (χ1n) is 4.92. The highest BCUT2D eigenvalue weighted by atomic mass is 16.6. The van der Waals surface area contributed by atoms with Crippen molar-refractivity contribution in [3.63, 3.8) is 0 Å². The van der Waals surface area contributed by atoms with Gasteiger partial charge in [0.25, 0.3) is 0 Å². The lowest BCUT2D eigenvalue weighted by atomic mass is 10.3. The van der Waals surface area contributed by atoms with E-state index in [1.807, 2.05) is 6.07 Å². The van der Waals surface area contributed by atoms with Gasteiger partial charge >= 0.3 is 6.09 Å². The molecule has 1 aromatic carbocycles. The van der Waals surface area contributed by atoms with E-state index in [0.717, 1.165) is 0 Å². The minimum atomic E-state index is -0.636. The molecule has 2 aromatic rings. The van der Waals surface area contributed by atoms with Crippen LogP contribution in [0.25, 0.3) is 0 Å². The molecule has 0 aliphatic heterocycles. The highest BCUT2D eigenvalue weighted by Crippen LogP contribution is 2.14. The number of hydrogen-bond donors (Lipinski definition) is 2. The molecule has 1 aromatic heterocycles. The quantitative estimate of drug-likeness (QED) is 0.830. The van der Waals surface area contributed by atoms with Crippen molar-refractivity contribution < 1.29 is 14.6 Å². The maximum absolute atomic E-state index is 11.5. The third-order valence-corrected chi connectivity index (χ3v) is 1.92. The van der Waals surface area contributed by atoms with Crippen LogP contribution in [0.15, 0.2) is 48.8 Å². The molecule has 86 valence electrons. The fraction of sp³-hybridized carbons (Fsp3) is 0. The molecule has 0 radical (unpaired) electrons. The fourth-order valence-corrected chi connectivity index (χ4v) is 1.24. The molecule has 0 aliphatic rings. The van der Waals surface area contributed by atoms with E-state index in [1.165, 1.54) is 18.5 Å². The van der Waals surface area contributed by atoms with Crippen molar-refractivity contribution in [2.75, 3.05) is 5.32 Å². The third kappa shape index (κ3) is 3.20. The molecular formula is C12H10N2O3. The van der Waals surface area contributed by atoms with Crippen molar-refractivity contribution >= 4 is 11.8 Å². The van der Waals surface area contributed by atoms with Crippen LogP contribution in [0.5, 0.6) is 11.5 Å². The Hall–Kier alpha value is -2.56. The van der Waals surface area contributed by atoms with Crippen LogP contribution in [0.2, 0.25) is 0 Å². The van der Waals surface area contributed by atoms with Crippen molar-refractivity contribution in [3.8, 4) is 11.5 Å². The molecule has 2 rings (SSSR count). The second-order valence-electron chi connectivity index (χ2n) is 3.26. The average Bonchev–Trinajstić information content (AvgIpc) is 2.30. The summed E-state index contributed by atoms with van der Waals surface area (Å²) < 4.78 is 5.00. The lowest BCUT2D eigenvalue weighted by Crippen LogP contribution is -2.16. The molecule has 1 amide bonds. The van der Waals surface area contributed by atoms with Gasteiger partial charge < -0.3 is 9.84 Å². The van der Waals surface area contributed by atoms with E-state index in [4.69, 9.17) is 9.84 Å². The Morgan fingerprint density at radius 1 is 1.24 bits per heavy atom. The summed E-state index contributed by atoms with van der Waals surface area (Å²) in [5.41, 5.74) is 0.367. The second-order valence-corrected chi connectivity index (χ2v) is 3.26. The Kier molecular flexibility index (Phi) is 3.20. The first-order valence-corrected chi connectivity index (χ1v) is 4.92. The van der Waals surface area contributed by atoms with Crippen molar-refractivity contribution in [1.82, 2.24) is 4.98 Å². The van der Waals surface area contributed by atoms with Crippen molar-refractivity contribution in [2.45, 2.75) is 0 Å². The van der Waals surface area contributed by atoms with Gasteiger partial charge in [0.1, 0.15) is 11.5 Å². The second kappa shape index (κ2) is 4.98. The number of nitrogens with one attached hydrogen (secondary N) is 1. The Labute approximate surface area is 97.7 Å². The van der Waals surface area contributed by atoms with Crippen LogP contribution in [0.1, 0.15) is 0 Å². The van der Waals surface area contributed by atoms with E-state index in [-0.39, 0.29) is 5.75 Å². The highest BCUT2D eigenvalue weighted by molar-refractivity contribution is 5.86. The molecule has 0 bridgehead atoms. The zero-order chi connectivity index (χ0) is 12.1. The van der Waals surface area contributed by atoms with Gasteiger partial charge in [0.2, 0.25) is 0 Å². The standard InChI is InChI=1S/C12H10N2O3/c15-10-6-9(7-13-8-10)14-12(16)17-11-4-2-1-3-5-11/h1-8,15H,(H,14,16). The predicted octanol–water partition coefficient (Wildman–Crippen LogP) is 2.40. The molecular weight excluding hydrogens is 220 g/mol. The number of rotatable bonds is 2. The van der Waals surface area contributed by atoms with Gasteiger partial charge in [0.05, 0.1) is 18.1 Å². The van der Waals surface area contributed by atoms with Gasteiger partial charge in [0.15, 0.2) is 0 Å². The maximum atomic E-state index is 11.5. The van der Waals surface area contributed by atoms with Gasteiger partial charge in [-0.05, 0) is 12.1 Å². The zero-order valence-electron chi connectivity index (χ0n) is 8.83. The number of nitrogens with zero attached hydrogens (tertiary/aromatic N) is 1. The summed E-state index contributed by atoms with van der Waals surface area (Å²) in [6.07, 6.45) is 2.04. The van der Waals surface area contributed by atoms with E-state index in [0.29, 0.717) is 11.4 Å². The van der Waals surface area contributed by atoms with Gasteiger partial charge in [-0.2, -0.15) is 0 Å². The van der Waals surface area contributed by atoms with Gasteiger partial charge in [0, 0.05) is 6.07 Å². The van der Waals surface area contributed by atoms with E-state index in [2.05, 4.69) is 10.3 Å². The first kappa shape index (κ1) is 10.9. The molecule has 0 aliphatic carbocycles. The minimum Gasteiger partial charge on any atom is -0.506 e. The topological polar surface area (TPSA) is 71.5 Å². The molecule has 0 saturated carbocycles. The predicted molar refractivity (Wildman–Crippen MR) is 62.0 cm³/mol. The summed E-state index contributed by atoms with van der Waals surface area (Å²) in [5, 5.41) is 11.6. The summed E-state index contributed by atoms with van der Waals surface area (Å²) in [6.45, 7) is 0. The highest BCUT2D eigenvalue weighted by Gasteiger charge is 2.05. The van der Waals surface area contributed by atoms with Crippen molar-refractivity contribution in [1.29, 1.82) is 0 Å². The number of aromatic nitrogens is 1. The molecule has 0 atom stereocenters. The van der Waals surface area contributed by atoms with E-state index < -0.39 is 6.09 Å². The lowest BCUT2D eigenvalue weighted by molar-refractivity contribution is 0.215. The SMILES string of the molecule is O=C(Nc1cncc(O)c1)Oc1ccccc1. The largest absolute Gasteiger partial charge is 0.506 e. The van der Waals surface area contributed by atoms with Crippen LogP contribution in [-0.4, -0.2) is 16.2 Å². The molecule has 0 fully saturated rings. The van der Waals surface area contributed by atoms with Crippen LogP contribution in [0, 0.1) is 0 Å². The Balaban J connectivity index is 1.98. The Morgan fingerprint density at radius 2 is 2.00 bits per heavy atom. The first-order chi connectivity index (χ1) is 8.24. The number of anilines is 1. The number of carbonyl (C=O) groups is 1. The van der Waals surface area contributed by atoms with Crippen molar-refractivity contribution in [2.24, 2.45) is 0 Å². The normalized spacial score (nSPS) is 9.65. The van der Waals surface area contributed by atoms with Crippen LogP contribution < -0.4 is 10.1 Å². The van der Waals surface area contributed by atoms with E-state index >= 15 is 0 Å². The van der Waals surface area contributed by atoms with Gasteiger partial charge in [-0.25, -0.2) is 4.79 Å². The number of amides is 1. The molecule has 0 spiro atoms. The number of benzene rings is 1. The lowest BCUT2D eigenvalue weighted by Gasteiger charge is -2.05. The average molecular weight is 230 g/mol. The summed E-state index contributed by atoms with van der Waals surface area (Å²) in [5.74, 6) is 0.417. The van der Waals surface area contributed by atoms with Crippen LogP contribution in [0.3, 0.4) is 0 Å². The molecule has 5 heteroatoms. The van der Waals surface area contributed by atoms with E-state index in [9.17, 15) is 4.79 Å². The number of aromatic hydroxyl groups is 1. The molecule has 0 saturated heterocycles. The molecule has 5 nitrogen and oxygen atoms in total. The van der Waals surface area contributed by atoms with Crippen molar-refractivity contribution in [3.05, 3.63) is 48.8 Å². The monoisotopic (exact) mass is 230 g/mol. The zero-order valence-corrected chi connectivity index (χ0v) is 8.83. The smallest absolute Gasteiger partial charge is 0.417 e. The summed E-state index contributed by atoms with van der Waals surface area (Å²) in [6, 6.07) is 10.1. The van der Waals surface area contributed by atoms with Gasteiger partial charge in [-0.3, -0.25) is 10.3 Å². The maximum Gasteiger partial charge on any atom is 0.417 e.